The summed E-state index contributed by atoms with van der Waals surface area (Å²) in [5.74, 6) is 1.20. The highest BCUT2D eigenvalue weighted by Gasteiger charge is 2.16. The van der Waals surface area contributed by atoms with Crippen LogP contribution in [0, 0.1) is 0 Å². The first-order chi connectivity index (χ1) is 12.3. The van der Waals surface area contributed by atoms with E-state index >= 15 is 0 Å². The van der Waals surface area contributed by atoms with Crippen molar-refractivity contribution in [1.29, 1.82) is 0 Å². The van der Waals surface area contributed by atoms with Crippen LogP contribution in [0.2, 0.25) is 0 Å². The second-order valence-corrected chi connectivity index (χ2v) is 6.97. The molecule has 0 radical (unpaired) electrons. The third-order valence-corrected chi connectivity index (χ3v) is 4.89. The van der Waals surface area contributed by atoms with Gasteiger partial charge in [0.1, 0.15) is 6.10 Å². The number of aromatic nitrogens is 1. The predicted molar refractivity (Wildman–Crippen MR) is 98.7 cm³/mol. The van der Waals surface area contributed by atoms with Gasteiger partial charge in [-0.3, -0.25) is 0 Å². The van der Waals surface area contributed by atoms with E-state index in [0.717, 1.165) is 31.6 Å². The fourth-order valence-corrected chi connectivity index (χ4v) is 3.43. The normalized spacial score (nSPS) is 20.9. The van der Waals surface area contributed by atoms with E-state index in [1.54, 1.807) is 6.20 Å². The summed E-state index contributed by atoms with van der Waals surface area (Å²) in [7, 11) is 0. The molecule has 0 bridgehead atoms. The van der Waals surface area contributed by atoms with Gasteiger partial charge in [-0.25, -0.2) is 9.98 Å². The molecule has 1 aromatic rings. The lowest BCUT2D eigenvalue weighted by Gasteiger charge is -2.22. The summed E-state index contributed by atoms with van der Waals surface area (Å²) in [6.07, 6.45) is 11.4. The number of guanidine groups is 1. The van der Waals surface area contributed by atoms with Gasteiger partial charge in [-0.2, -0.15) is 0 Å². The summed E-state index contributed by atoms with van der Waals surface area (Å²) in [4.78, 5) is 8.79. The summed E-state index contributed by atoms with van der Waals surface area (Å²) in [6, 6.07) is 4.38. The van der Waals surface area contributed by atoms with Crippen molar-refractivity contribution in [3.8, 4) is 5.88 Å². The predicted octanol–water partition coefficient (Wildman–Crippen LogP) is 2.77. The molecular weight excluding hydrogens is 316 g/mol. The number of hydrogen-bond acceptors (Lipinski definition) is 4. The quantitative estimate of drug-likeness (QED) is 0.487. The van der Waals surface area contributed by atoms with Gasteiger partial charge in [0.2, 0.25) is 5.88 Å². The van der Waals surface area contributed by atoms with Crippen LogP contribution in [0.4, 0.5) is 0 Å². The van der Waals surface area contributed by atoms with Crippen molar-refractivity contribution in [3.05, 3.63) is 23.9 Å². The van der Waals surface area contributed by atoms with Crippen LogP contribution in [0.25, 0.3) is 0 Å². The Balaban J connectivity index is 1.50. The molecule has 1 aliphatic heterocycles. The number of aliphatic imine (C=N–C) groups is 1. The van der Waals surface area contributed by atoms with Crippen LogP contribution in [-0.4, -0.2) is 36.3 Å². The van der Waals surface area contributed by atoms with Crippen LogP contribution in [0.3, 0.4) is 0 Å². The van der Waals surface area contributed by atoms with Crippen molar-refractivity contribution in [2.75, 3.05) is 13.2 Å². The van der Waals surface area contributed by atoms with E-state index in [2.05, 4.69) is 15.3 Å². The Labute approximate surface area is 150 Å². The first kappa shape index (κ1) is 18.0. The molecule has 25 heavy (non-hydrogen) atoms. The van der Waals surface area contributed by atoms with Gasteiger partial charge >= 0.3 is 0 Å². The Bertz CT molecular complexity index is 550. The molecule has 0 unspecified atom stereocenters. The van der Waals surface area contributed by atoms with Crippen LogP contribution in [-0.2, 0) is 11.3 Å². The second-order valence-electron chi connectivity index (χ2n) is 6.97. The Kier molecular flexibility index (Phi) is 6.91. The molecule has 3 N–H and O–H groups in total. The lowest BCUT2D eigenvalue weighted by molar-refractivity contribution is 0.0237. The lowest BCUT2D eigenvalue weighted by atomic mass is 10.1. The molecule has 1 aliphatic carbocycles. The highest BCUT2D eigenvalue weighted by Crippen LogP contribution is 2.18. The Morgan fingerprint density at radius 1 is 1.20 bits per heavy atom. The Hall–Kier alpha value is -1.82. The molecule has 2 heterocycles. The monoisotopic (exact) mass is 346 g/mol. The Morgan fingerprint density at radius 3 is 2.72 bits per heavy atom. The highest BCUT2D eigenvalue weighted by molar-refractivity contribution is 5.78. The highest BCUT2D eigenvalue weighted by atomic mass is 16.5. The van der Waals surface area contributed by atoms with Crippen molar-refractivity contribution in [3.63, 3.8) is 0 Å². The smallest absolute Gasteiger partial charge is 0.213 e. The Morgan fingerprint density at radius 2 is 1.96 bits per heavy atom. The molecule has 1 aromatic heterocycles. The first-order valence-electron chi connectivity index (χ1n) is 9.55. The van der Waals surface area contributed by atoms with Crippen molar-refractivity contribution in [2.45, 2.75) is 70.1 Å². The maximum Gasteiger partial charge on any atom is 0.213 e. The summed E-state index contributed by atoms with van der Waals surface area (Å²) in [5, 5.41) is 3.38. The number of nitrogens with one attached hydrogen (secondary N) is 1. The molecule has 6 heteroatoms. The molecular formula is C19H30N4O2. The summed E-state index contributed by atoms with van der Waals surface area (Å²) >= 11 is 0. The topological polar surface area (TPSA) is 81.8 Å². The van der Waals surface area contributed by atoms with E-state index in [9.17, 15) is 0 Å². The van der Waals surface area contributed by atoms with Crippen molar-refractivity contribution >= 4 is 5.96 Å². The average Bonchev–Trinajstić information content (AvgIpc) is 2.90. The van der Waals surface area contributed by atoms with Crippen LogP contribution < -0.4 is 15.8 Å². The SMILES string of the molecule is NC(=NCc1ccnc(OC2CCOCC2)c1)NC1CCCCCC1. The molecule has 0 spiro atoms. The zero-order valence-corrected chi connectivity index (χ0v) is 15.0. The molecule has 3 rings (SSSR count). The zero-order valence-electron chi connectivity index (χ0n) is 15.0. The van der Waals surface area contributed by atoms with Gasteiger partial charge < -0.3 is 20.5 Å². The van der Waals surface area contributed by atoms with Crippen molar-refractivity contribution < 1.29 is 9.47 Å². The number of nitrogens with two attached hydrogens (primary N) is 1. The molecule has 138 valence electrons. The number of pyridine rings is 1. The number of nitrogens with zero attached hydrogens (tertiary/aromatic N) is 2. The van der Waals surface area contributed by atoms with E-state index < -0.39 is 0 Å². The van der Waals surface area contributed by atoms with Gasteiger partial charge in [-0.1, -0.05) is 25.7 Å². The van der Waals surface area contributed by atoms with Gasteiger partial charge in [0.15, 0.2) is 5.96 Å². The van der Waals surface area contributed by atoms with Gasteiger partial charge in [0.05, 0.1) is 19.8 Å². The van der Waals surface area contributed by atoms with Gasteiger partial charge in [-0.15, -0.1) is 0 Å². The minimum atomic E-state index is 0.196. The van der Waals surface area contributed by atoms with E-state index in [1.165, 1.54) is 38.5 Å². The van der Waals surface area contributed by atoms with E-state index in [0.29, 0.717) is 24.4 Å². The largest absolute Gasteiger partial charge is 0.474 e. The fraction of sp³-hybridized carbons (Fsp3) is 0.684. The van der Waals surface area contributed by atoms with Gasteiger partial charge in [-0.05, 0) is 24.5 Å². The van der Waals surface area contributed by atoms with Crippen LogP contribution in [0.1, 0.15) is 56.9 Å². The third-order valence-electron chi connectivity index (χ3n) is 4.89. The minimum absolute atomic E-state index is 0.196. The van der Waals surface area contributed by atoms with E-state index in [-0.39, 0.29) is 6.10 Å². The maximum absolute atomic E-state index is 6.07. The summed E-state index contributed by atoms with van der Waals surface area (Å²) in [5.41, 5.74) is 7.13. The van der Waals surface area contributed by atoms with Crippen LogP contribution >= 0.6 is 0 Å². The molecule has 2 fully saturated rings. The molecule has 0 aromatic carbocycles. The number of ether oxygens (including phenoxy) is 2. The number of hydrogen-bond donors (Lipinski definition) is 2. The average molecular weight is 346 g/mol. The molecule has 1 saturated carbocycles. The van der Waals surface area contributed by atoms with Gasteiger partial charge in [0.25, 0.3) is 0 Å². The van der Waals surface area contributed by atoms with E-state index in [4.69, 9.17) is 15.2 Å². The summed E-state index contributed by atoms with van der Waals surface area (Å²) in [6.45, 7) is 2.06. The molecule has 2 aliphatic rings. The summed E-state index contributed by atoms with van der Waals surface area (Å²) < 4.78 is 11.3. The van der Waals surface area contributed by atoms with Gasteiger partial charge in [0, 0.05) is 31.1 Å². The third kappa shape index (κ3) is 6.20. The van der Waals surface area contributed by atoms with Crippen LogP contribution in [0.15, 0.2) is 23.3 Å². The van der Waals surface area contributed by atoms with Crippen molar-refractivity contribution in [1.82, 2.24) is 10.3 Å². The second kappa shape index (κ2) is 9.61. The molecule has 1 saturated heterocycles. The lowest BCUT2D eigenvalue weighted by Crippen LogP contribution is -2.39. The maximum atomic E-state index is 6.07. The van der Waals surface area contributed by atoms with Crippen molar-refractivity contribution in [2.24, 2.45) is 10.7 Å². The van der Waals surface area contributed by atoms with E-state index in [1.807, 2.05) is 12.1 Å². The number of rotatable bonds is 5. The minimum Gasteiger partial charge on any atom is -0.474 e. The zero-order chi connectivity index (χ0) is 17.3. The first-order valence-corrected chi connectivity index (χ1v) is 9.55. The van der Waals surface area contributed by atoms with Crippen LogP contribution in [0.5, 0.6) is 5.88 Å². The molecule has 0 atom stereocenters. The molecule has 6 nitrogen and oxygen atoms in total. The fourth-order valence-electron chi connectivity index (χ4n) is 3.43. The standard InChI is InChI=1S/C19H30N4O2/c20-19(23-16-5-3-1-2-4-6-16)22-14-15-7-10-21-18(13-15)25-17-8-11-24-12-9-17/h7,10,13,16-17H,1-6,8-9,11-12,14H2,(H3,20,22,23). The molecule has 0 amide bonds.